The van der Waals surface area contributed by atoms with Crippen molar-refractivity contribution >= 4 is 47.4 Å². The molecule has 79 heavy (non-hydrogen) atoms. The standard InChI is InChI=1S/C58H49F9N2O10/c1-2-55(59,60)56(61,62)29-3-31-74-45-21-11-39(12-22-45)53(72)78-47-17-5-37(6-18-47)9-27-51(70)76-35-41-33-43(68)15-25-49(41)50-26-16-44(69)34-42(50)36-77-52(71)28-10-38-7-19-48(20-8-38)79-54(73)40-13-23-46(24-14-40)75-32-4-30-57(63,64)58(65,66)67/h2,5-28,33-34H,1,3-4,29-32,35-36,68-69H2/b27-9+,28-10+. The lowest BCUT2D eigenvalue weighted by atomic mass is 9.95. The van der Waals surface area contributed by atoms with E-state index < -0.39 is 73.7 Å². The van der Waals surface area contributed by atoms with Crippen molar-refractivity contribution in [2.45, 2.75) is 62.8 Å². The van der Waals surface area contributed by atoms with Gasteiger partial charge in [0.25, 0.3) is 0 Å². The first-order valence-electron chi connectivity index (χ1n) is 23.8. The maximum Gasteiger partial charge on any atom is 0.453 e. The normalized spacial score (nSPS) is 12.0. The summed E-state index contributed by atoms with van der Waals surface area (Å²) in [6.07, 6.45) is -3.86. The average molecular weight is 1110 g/mol. The molecule has 0 aromatic heterocycles. The second-order valence-electron chi connectivity index (χ2n) is 17.3. The highest BCUT2D eigenvalue weighted by Gasteiger charge is 2.56. The van der Waals surface area contributed by atoms with Crippen molar-refractivity contribution in [1.29, 1.82) is 0 Å². The van der Waals surface area contributed by atoms with E-state index in [4.69, 9.17) is 39.9 Å². The minimum absolute atomic E-state index is 0.0907. The van der Waals surface area contributed by atoms with Gasteiger partial charge in [-0.3, -0.25) is 0 Å². The highest BCUT2D eigenvalue weighted by molar-refractivity contribution is 5.92. The summed E-state index contributed by atoms with van der Waals surface area (Å²) < 4.78 is 150. The number of allylic oxidation sites excluding steroid dienone is 1. The van der Waals surface area contributed by atoms with Gasteiger partial charge in [-0.05, 0) is 162 Å². The molecule has 0 fully saturated rings. The van der Waals surface area contributed by atoms with Gasteiger partial charge in [-0.1, -0.05) is 43.0 Å². The van der Waals surface area contributed by atoms with E-state index >= 15 is 0 Å². The molecule has 0 unspecified atom stereocenters. The number of ether oxygens (including phenoxy) is 6. The third-order valence-electron chi connectivity index (χ3n) is 11.4. The molecule has 21 heteroatoms. The van der Waals surface area contributed by atoms with Crippen LogP contribution in [-0.2, 0) is 32.3 Å². The van der Waals surface area contributed by atoms with Crippen molar-refractivity contribution in [1.82, 2.24) is 0 Å². The number of benzene rings is 6. The minimum atomic E-state index is -5.65. The first-order chi connectivity index (χ1) is 37.4. The first kappa shape index (κ1) is 59.2. The molecule has 6 aromatic rings. The quantitative estimate of drug-likeness (QED) is 0.0106. The molecule has 0 heterocycles. The molecule has 0 bridgehead atoms. The van der Waals surface area contributed by atoms with Crippen LogP contribution in [-0.4, -0.2) is 61.0 Å². The van der Waals surface area contributed by atoms with Gasteiger partial charge in [0.15, 0.2) is 0 Å². The highest BCUT2D eigenvalue weighted by atomic mass is 19.4. The molecule has 0 aliphatic heterocycles. The molecule has 0 aliphatic rings. The number of carbonyl (C=O) groups is 4. The molecule has 6 rings (SSSR count). The van der Waals surface area contributed by atoms with Gasteiger partial charge in [0.1, 0.15) is 36.2 Å². The Morgan fingerprint density at radius 2 is 0.848 bits per heavy atom. The van der Waals surface area contributed by atoms with Crippen molar-refractivity contribution in [2.24, 2.45) is 0 Å². The van der Waals surface area contributed by atoms with Crippen LogP contribution in [0.1, 0.15) is 68.7 Å². The van der Waals surface area contributed by atoms with E-state index in [1.54, 1.807) is 60.7 Å². The van der Waals surface area contributed by atoms with Gasteiger partial charge >= 0.3 is 47.8 Å². The Bertz CT molecular complexity index is 3150. The monoisotopic (exact) mass is 1100 g/mol. The Balaban J connectivity index is 0.955. The molecule has 6 aromatic carbocycles. The molecule has 0 aliphatic carbocycles. The molecule has 0 amide bonds. The molecule has 0 spiro atoms. The Hall–Kier alpha value is -9.01. The van der Waals surface area contributed by atoms with E-state index in [0.717, 1.165) is 0 Å². The molecule has 0 saturated carbocycles. The minimum Gasteiger partial charge on any atom is -0.494 e. The maximum absolute atomic E-state index is 13.7. The summed E-state index contributed by atoms with van der Waals surface area (Å²) in [6.45, 7) is 1.67. The van der Waals surface area contributed by atoms with Crippen LogP contribution >= 0.6 is 0 Å². The molecule has 4 N–H and O–H groups in total. The second-order valence-corrected chi connectivity index (χ2v) is 17.3. The van der Waals surface area contributed by atoms with Crippen LogP contribution in [0, 0.1) is 0 Å². The number of halogens is 9. The van der Waals surface area contributed by atoms with E-state index in [1.807, 2.05) is 0 Å². The fourth-order valence-corrected chi connectivity index (χ4v) is 7.14. The number of nitrogens with two attached hydrogens (primary N) is 2. The molecule has 12 nitrogen and oxygen atoms in total. The number of esters is 4. The summed E-state index contributed by atoms with van der Waals surface area (Å²) in [5.74, 6) is -15.6. The Morgan fingerprint density at radius 3 is 1.22 bits per heavy atom. The predicted octanol–water partition coefficient (Wildman–Crippen LogP) is 13.4. The fourth-order valence-electron chi connectivity index (χ4n) is 7.14. The fraction of sp³-hybridized carbons (Fsp3) is 0.207. The van der Waals surface area contributed by atoms with Crippen molar-refractivity contribution in [3.8, 4) is 34.1 Å². The van der Waals surface area contributed by atoms with Crippen LogP contribution < -0.4 is 30.4 Å². The van der Waals surface area contributed by atoms with Crippen LogP contribution in [0.3, 0.4) is 0 Å². The Labute approximate surface area is 446 Å². The number of rotatable bonds is 25. The number of hydrogen-bond acceptors (Lipinski definition) is 12. The van der Waals surface area contributed by atoms with E-state index in [1.165, 1.54) is 97.1 Å². The molecular formula is C58H49F9N2O10. The topological polar surface area (TPSA) is 176 Å². The van der Waals surface area contributed by atoms with Gasteiger partial charge in [0.05, 0.1) is 24.3 Å². The van der Waals surface area contributed by atoms with Crippen molar-refractivity contribution in [3.05, 3.63) is 192 Å². The Kier molecular flexibility index (Phi) is 19.8. The van der Waals surface area contributed by atoms with E-state index in [2.05, 4.69) is 6.58 Å². The summed E-state index contributed by atoms with van der Waals surface area (Å²) in [6, 6.07) is 33.2. The summed E-state index contributed by atoms with van der Waals surface area (Å²) in [5.41, 5.74) is 16.6. The molecule has 0 saturated heterocycles. The highest BCUT2D eigenvalue weighted by Crippen LogP contribution is 2.40. The maximum atomic E-state index is 13.7. The smallest absolute Gasteiger partial charge is 0.453 e. The van der Waals surface area contributed by atoms with E-state index in [0.29, 0.717) is 44.8 Å². The molecule has 0 radical (unpaired) electrons. The van der Waals surface area contributed by atoms with Gasteiger partial charge in [0, 0.05) is 36.4 Å². The molecule has 0 atom stereocenters. The van der Waals surface area contributed by atoms with Crippen LogP contribution in [0.4, 0.5) is 50.9 Å². The lowest BCUT2D eigenvalue weighted by Crippen LogP contribution is -2.38. The Morgan fingerprint density at radius 1 is 0.481 bits per heavy atom. The van der Waals surface area contributed by atoms with E-state index in [-0.39, 0.29) is 66.4 Å². The zero-order valence-electron chi connectivity index (χ0n) is 41.6. The summed E-state index contributed by atoms with van der Waals surface area (Å²) in [4.78, 5) is 51.2. The molecular weight excluding hydrogens is 1060 g/mol. The zero-order valence-corrected chi connectivity index (χ0v) is 41.6. The van der Waals surface area contributed by atoms with Crippen molar-refractivity contribution in [3.63, 3.8) is 0 Å². The largest absolute Gasteiger partial charge is 0.494 e. The van der Waals surface area contributed by atoms with Gasteiger partial charge < -0.3 is 39.9 Å². The third-order valence-corrected chi connectivity index (χ3v) is 11.4. The number of nitrogen functional groups attached to an aromatic ring is 2. The van der Waals surface area contributed by atoms with Crippen molar-refractivity contribution < 1.29 is 87.1 Å². The summed E-state index contributed by atoms with van der Waals surface area (Å²) in [7, 11) is 0. The number of anilines is 2. The van der Waals surface area contributed by atoms with Crippen LogP contribution in [0.15, 0.2) is 158 Å². The van der Waals surface area contributed by atoms with Gasteiger partial charge in [-0.15, -0.1) is 0 Å². The lowest BCUT2D eigenvalue weighted by molar-refractivity contribution is -0.284. The first-order valence-corrected chi connectivity index (χ1v) is 23.8. The SMILES string of the molecule is C=CC(F)(F)C(F)(F)CCCOc1ccc(C(=O)Oc2ccc(/C=C/C(=O)OCc3cc(N)ccc3-c3ccc(N)cc3COC(=O)/C=C/c3ccc(OC(=O)c4ccc(OCCCC(F)(F)C(F)(F)F)cc4)cc3)cc2)cc1. The predicted molar refractivity (Wildman–Crippen MR) is 275 cm³/mol. The van der Waals surface area contributed by atoms with Gasteiger partial charge in [-0.2, -0.15) is 39.5 Å². The summed E-state index contributed by atoms with van der Waals surface area (Å²) >= 11 is 0. The van der Waals surface area contributed by atoms with Crippen LogP contribution in [0.25, 0.3) is 23.3 Å². The zero-order chi connectivity index (χ0) is 57.4. The third kappa shape index (κ3) is 17.2. The van der Waals surface area contributed by atoms with Crippen molar-refractivity contribution in [2.75, 3.05) is 24.7 Å². The van der Waals surface area contributed by atoms with Gasteiger partial charge in [0.2, 0.25) is 0 Å². The number of carbonyl (C=O) groups excluding carboxylic acids is 4. The average Bonchev–Trinajstić information content (AvgIpc) is 3.42. The summed E-state index contributed by atoms with van der Waals surface area (Å²) in [5, 5.41) is 0. The van der Waals surface area contributed by atoms with Crippen LogP contribution in [0.5, 0.6) is 23.0 Å². The molecule has 414 valence electrons. The van der Waals surface area contributed by atoms with Gasteiger partial charge in [-0.25, -0.2) is 19.2 Å². The lowest BCUT2D eigenvalue weighted by Gasteiger charge is -2.23. The van der Waals surface area contributed by atoms with E-state index in [9.17, 15) is 58.7 Å². The van der Waals surface area contributed by atoms with Crippen LogP contribution in [0.2, 0.25) is 0 Å². The second kappa shape index (κ2) is 26.4. The number of hydrogen-bond donors (Lipinski definition) is 2. The number of alkyl halides is 9.